The van der Waals surface area contributed by atoms with Crippen LogP contribution in [0.5, 0.6) is 0 Å². The fourth-order valence-electron chi connectivity index (χ4n) is 9.51. The van der Waals surface area contributed by atoms with Crippen LogP contribution >= 0.6 is 0 Å². The molecule has 4 heteroatoms. The molecule has 0 saturated carbocycles. The van der Waals surface area contributed by atoms with Crippen molar-refractivity contribution in [1.82, 2.24) is 15.0 Å². The summed E-state index contributed by atoms with van der Waals surface area (Å²) in [5.74, 6) is 1.79. The van der Waals surface area contributed by atoms with Crippen molar-refractivity contribution in [3.8, 4) is 107 Å². The van der Waals surface area contributed by atoms with E-state index in [1.807, 2.05) is 72.8 Å². The molecule has 12 rings (SSSR count). The monoisotopic (exact) mass is 812 g/mol. The van der Waals surface area contributed by atoms with Gasteiger partial charge in [0.1, 0.15) is 0 Å². The maximum atomic E-state index is 10.5. The third-order valence-corrected chi connectivity index (χ3v) is 12.5. The van der Waals surface area contributed by atoms with E-state index in [4.69, 9.17) is 15.0 Å². The molecular weight excluding hydrogens is 777 g/mol. The number of hydrogen-bond acceptors (Lipinski definition) is 4. The van der Waals surface area contributed by atoms with Gasteiger partial charge in [0.05, 0.1) is 11.6 Å². The molecule has 0 saturated heterocycles. The van der Waals surface area contributed by atoms with E-state index in [1.165, 1.54) is 33.0 Å². The first-order chi connectivity index (χ1) is 31.7. The second kappa shape index (κ2) is 15.3. The predicted molar refractivity (Wildman–Crippen MR) is 262 cm³/mol. The first-order valence-corrected chi connectivity index (χ1v) is 21.5. The zero-order valence-corrected chi connectivity index (χ0v) is 34.6. The molecule has 0 N–H and O–H groups in total. The molecule has 0 bridgehead atoms. The topological polar surface area (TPSA) is 62.5 Å². The van der Waals surface area contributed by atoms with Gasteiger partial charge in [-0.15, -0.1) is 0 Å². The highest BCUT2D eigenvalue weighted by atomic mass is 15.0. The Morgan fingerprint density at radius 2 is 0.781 bits per heavy atom. The molecular formula is C60H36N4. The van der Waals surface area contributed by atoms with Gasteiger partial charge in [0.15, 0.2) is 17.5 Å². The van der Waals surface area contributed by atoms with Gasteiger partial charge in [0.2, 0.25) is 0 Å². The number of nitrogens with zero attached hydrogens (tertiary/aromatic N) is 4. The number of aromatic nitrogens is 3. The lowest BCUT2D eigenvalue weighted by molar-refractivity contribution is 1.08. The Balaban J connectivity index is 0.955. The molecule has 64 heavy (non-hydrogen) atoms. The van der Waals surface area contributed by atoms with Gasteiger partial charge in [-0.05, 0) is 119 Å². The smallest absolute Gasteiger partial charge is 0.164 e. The van der Waals surface area contributed by atoms with Gasteiger partial charge in [-0.2, -0.15) is 5.26 Å². The number of rotatable bonds is 7. The minimum atomic E-state index is 0.573. The Hall–Kier alpha value is -8.78. The van der Waals surface area contributed by atoms with Crippen LogP contribution in [-0.4, -0.2) is 15.0 Å². The van der Waals surface area contributed by atoms with Crippen LogP contribution in [0.1, 0.15) is 5.56 Å². The van der Waals surface area contributed by atoms with E-state index in [0.717, 1.165) is 72.0 Å². The molecule has 1 heterocycles. The summed E-state index contributed by atoms with van der Waals surface area (Å²) in [6.07, 6.45) is 0. The van der Waals surface area contributed by atoms with E-state index < -0.39 is 0 Å². The average Bonchev–Trinajstić information content (AvgIpc) is 3.70. The molecule has 296 valence electrons. The van der Waals surface area contributed by atoms with E-state index in [9.17, 15) is 5.26 Å². The van der Waals surface area contributed by atoms with Gasteiger partial charge >= 0.3 is 0 Å². The summed E-state index contributed by atoms with van der Waals surface area (Å²) < 4.78 is 0. The summed E-state index contributed by atoms with van der Waals surface area (Å²) in [5, 5.41) is 15.3. The maximum Gasteiger partial charge on any atom is 0.164 e. The van der Waals surface area contributed by atoms with E-state index in [1.54, 1.807) is 0 Å². The molecule has 10 aromatic carbocycles. The van der Waals surface area contributed by atoms with Crippen LogP contribution in [0.2, 0.25) is 0 Å². The maximum absolute atomic E-state index is 10.5. The van der Waals surface area contributed by atoms with Crippen molar-refractivity contribution in [2.75, 3.05) is 0 Å². The van der Waals surface area contributed by atoms with E-state index in [0.29, 0.717) is 23.0 Å². The van der Waals surface area contributed by atoms with E-state index in [2.05, 4.69) is 152 Å². The Bertz CT molecular complexity index is 3680. The van der Waals surface area contributed by atoms with Crippen molar-refractivity contribution in [3.63, 3.8) is 0 Å². The van der Waals surface area contributed by atoms with Crippen molar-refractivity contribution in [2.24, 2.45) is 0 Å². The molecule has 0 radical (unpaired) electrons. The molecule has 0 spiro atoms. The highest BCUT2D eigenvalue weighted by Crippen LogP contribution is 2.49. The molecule has 1 aliphatic rings. The SMILES string of the molecule is N#Cc1cc(-c2cccc(-c3nc(-c4ccccc4)nc(-c4cccc5ccccc45)n3)c2)cc(-c2ccccc2-c2ccccc2-c2ccc3c(c2)-c2cccc4cccc-3c24)c1. The summed E-state index contributed by atoms with van der Waals surface area (Å²) in [6.45, 7) is 0. The first-order valence-electron chi connectivity index (χ1n) is 21.5. The first kappa shape index (κ1) is 37.0. The molecule has 4 nitrogen and oxygen atoms in total. The lowest BCUT2D eigenvalue weighted by Gasteiger charge is -2.17. The zero-order chi connectivity index (χ0) is 42.6. The van der Waals surface area contributed by atoms with Gasteiger partial charge in [-0.1, -0.05) is 188 Å². The van der Waals surface area contributed by atoms with Crippen LogP contribution in [0.15, 0.2) is 218 Å². The van der Waals surface area contributed by atoms with Gasteiger partial charge in [0.25, 0.3) is 0 Å². The quantitative estimate of drug-likeness (QED) is 0.161. The van der Waals surface area contributed by atoms with Gasteiger partial charge < -0.3 is 0 Å². The summed E-state index contributed by atoms with van der Waals surface area (Å²) in [6, 6.07) is 78.7. The Labute approximate surface area is 371 Å². The Morgan fingerprint density at radius 1 is 0.281 bits per heavy atom. The predicted octanol–water partition coefficient (Wildman–Crippen LogP) is 15.4. The minimum Gasteiger partial charge on any atom is -0.208 e. The van der Waals surface area contributed by atoms with Gasteiger partial charge in [0, 0.05) is 16.7 Å². The molecule has 1 aromatic heterocycles. The Morgan fingerprint density at radius 3 is 1.55 bits per heavy atom. The molecule has 0 unspecified atom stereocenters. The fourth-order valence-corrected chi connectivity index (χ4v) is 9.51. The largest absolute Gasteiger partial charge is 0.208 e. The number of fused-ring (bicyclic) bond motifs is 4. The van der Waals surface area contributed by atoms with Crippen LogP contribution in [0.3, 0.4) is 0 Å². The lowest BCUT2D eigenvalue weighted by atomic mass is 9.87. The highest BCUT2D eigenvalue weighted by Gasteiger charge is 2.23. The van der Waals surface area contributed by atoms with Crippen molar-refractivity contribution in [1.29, 1.82) is 5.26 Å². The summed E-state index contributed by atoms with van der Waals surface area (Å²) in [4.78, 5) is 15.2. The third-order valence-electron chi connectivity index (χ3n) is 12.5. The van der Waals surface area contributed by atoms with E-state index in [-0.39, 0.29) is 0 Å². The number of nitriles is 1. The molecule has 0 aliphatic heterocycles. The van der Waals surface area contributed by atoms with Crippen molar-refractivity contribution < 1.29 is 0 Å². The van der Waals surface area contributed by atoms with Crippen molar-refractivity contribution >= 4 is 21.5 Å². The Kier molecular flexibility index (Phi) is 8.84. The highest BCUT2D eigenvalue weighted by molar-refractivity contribution is 6.16. The molecule has 11 aromatic rings. The fraction of sp³-hybridized carbons (Fsp3) is 0. The molecule has 1 aliphatic carbocycles. The van der Waals surface area contributed by atoms with Crippen molar-refractivity contribution in [2.45, 2.75) is 0 Å². The van der Waals surface area contributed by atoms with E-state index >= 15 is 0 Å². The molecule has 0 atom stereocenters. The number of hydrogen-bond donors (Lipinski definition) is 0. The average molecular weight is 813 g/mol. The van der Waals surface area contributed by atoms with Crippen LogP contribution in [0.4, 0.5) is 0 Å². The standard InChI is InChI=1S/C60H36N4/c61-37-38-32-45(42-20-10-21-44(34-42)59-62-58(41-15-2-1-3-16-41)63-60(64-59)55-29-11-17-39-14-4-5-22-47(39)55)35-46(33-38)49-24-7-9-26-51(49)50-25-8-6-23-48(50)43-30-31-52-53-27-12-18-40-19-13-28-54(57(40)53)56(52)36-43/h1-36H. The van der Waals surface area contributed by atoms with Crippen LogP contribution in [0.25, 0.3) is 122 Å². The summed E-state index contributed by atoms with van der Waals surface area (Å²) in [5.41, 5.74) is 16.8. The van der Waals surface area contributed by atoms with Crippen LogP contribution in [-0.2, 0) is 0 Å². The lowest BCUT2D eigenvalue weighted by Crippen LogP contribution is -2.00. The van der Waals surface area contributed by atoms with Crippen LogP contribution < -0.4 is 0 Å². The number of benzene rings is 10. The molecule has 0 fully saturated rings. The summed E-state index contributed by atoms with van der Waals surface area (Å²) >= 11 is 0. The second-order valence-electron chi connectivity index (χ2n) is 16.3. The van der Waals surface area contributed by atoms with Crippen molar-refractivity contribution in [3.05, 3.63) is 224 Å². The second-order valence-corrected chi connectivity index (χ2v) is 16.3. The third kappa shape index (κ3) is 6.35. The minimum absolute atomic E-state index is 0.573. The zero-order valence-electron chi connectivity index (χ0n) is 34.6. The molecule has 0 amide bonds. The van der Waals surface area contributed by atoms with Crippen LogP contribution in [0, 0.1) is 11.3 Å². The normalized spacial score (nSPS) is 11.4. The van der Waals surface area contributed by atoms with Gasteiger partial charge in [-0.25, -0.2) is 15.0 Å². The van der Waals surface area contributed by atoms with Gasteiger partial charge in [-0.3, -0.25) is 0 Å². The summed E-state index contributed by atoms with van der Waals surface area (Å²) in [7, 11) is 0.